The van der Waals surface area contributed by atoms with Crippen molar-refractivity contribution < 1.29 is 29.0 Å². The summed E-state index contributed by atoms with van der Waals surface area (Å²) in [7, 11) is 0. The van der Waals surface area contributed by atoms with Gasteiger partial charge in [-0.25, -0.2) is 9.59 Å². The zero-order valence-corrected chi connectivity index (χ0v) is 16.4. The zero-order valence-electron chi connectivity index (χ0n) is 16.4. The first-order chi connectivity index (χ1) is 14.4. The summed E-state index contributed by atoms with van der Waals surface area (Å²) >= 11 is 0. The van der Waals surface area contributed by atoms with Crippen LogP contribution in [0.5, 0.6) is 0 Å². The molecule has 0 spiro atoms. The van der Waals surface area contributed by atoms with Gasteiger partial charge in [0, 0.05) is 11.1 Å². The van der Waals surface area contributed by atoms with Gasteiger partial charge in [0.25, 0.3) is 0 Å². The summed E-state index contributed by atoms with van der Waals surface area (Å²) < 4.78 is 4.84. The van der Waals surface area contributed by atoms with E-state index in [0.29, 0.717) is 24.0 Å². The van der Waals surface area contributed by atoms with E-state index < -0.39 is 11.9 Å². The van der Waals surface area contributed by atoms with Gasteiger partial charge >= 0.3 is 11.9 Å². The first-order valence-corrected chi connectivity index (χ1v) is 9.50. The van der Waals surface area contributed by atoms with Crippen molar-refractivity contribution in [3.63, 3.8) is 0 Å². The molecule has 6 heteroatoms. The van der Waals surface area contributed by atoms with E-state index in [1.54, 1.807) is 37.3 Å². The highest BCUT2D eigenvalue weighted by Gasteiger charge is 2.26. The quantitative estimate of drug-likeness (QED) is 0.622. The number of allylic oxidation sites excluding steroid dienone is 2. The minimum atomic E-state index is -1.15. The average molecular weight is 404 g/mol. The lowest BCUT2D eigenvalue weighted by Gasteiger charge is -2.14. The van der Waals surface area contributed by atoms with Crippen LogP contribution in [0.3, 0.4) is 0 Å². The molecule has 2 aliphatic rings. The number of rotatable bonds is 3. The first kappa shape index (κ1) is 20.9. The maximum absolute atomic E-state index is 12.0. The third kappa shape index (κ3) is 4.27. The number of carbonyl (C=O) groups excluding carboxylic acids is 3. The normalized spacial score (nSPS) is 14.3. The molecule has 4 rings (SSSR count). The van der Waals surface area contributed by atoms with Gasteiger partial charge in [0.1, 0.15) is 11.1 Å². The monoisotopic (exact) mass is 404 g/mol. The fourth-order valence-electron chi connectivity index (χ4n) is 3.31. The van der Waals surface area contributed by atoms with Crippen LogP contribution in [0.2, 0.25) is 0 Å². The van der Waals surface area contributed by atoms with Crippen LogP contribution in [0.25, 0.3) is 0 Å². The zero-order chi connectivity index (χ0) is 21.7. The molecule has 2 aliphatic carbocycles. The molecular weight excluding hydrogens is 384 g/mol. The van der Waals surface area contributed by atoms with E-state index in [2.05, 4.69) is 0 Å². The average Bonchev–Trinajstić information content (AvgIpc) is 2.75. The summed E-state index contributed by atoms with van der Waals surface area (Å²) in [5, 5.41) is 8.75. The molecule has 30 heavy (non-hydrogen) atoms. The Labute approximate surface area is 173 Å². The molecule has 152 valence electrons. The Morgan fingerprint density at radius 3 is 1.80 bits per heavy atom. The highest BCUT2D eigenvalue weighted by Crippen LogP contribution is 2.22. The number of ketones is 2. The highest BCUT2D eigenvalue weighted by atomic mass is 16.5. The Bertz CT molecular complexity index is 1090. The largest absolute Gasteiger partial charge is 0.478 e. The molecular formula is C24H20O6. The number of carboxylic acids is 1. The molecule has 0 unspecified atom stereocenters. The third-order valence-corrected chi connectivity index (χ3v) is 4.79. The number of Topliss-reactive ketones (excluding diaryl/α,β-unsaturated/α-hetero) is 2. The van der Waals surface area contributed by atoms with E-state index in [-0.39, 0.29) is 29.3 Å². The van der Waals surface area contributed by atoms with Crippen molar-refractivity contribution >= 4 is 23.5 Å². The number of hydrogen-bond acceptors (Lipinski definition) is 5. The lowest BCUT2D eigenvalue weighted by atomic mass is 9.90. The third-order valence-electron chi connectivity index (χ3n) is 4.79. The Kier molecular flexibility index (Phi) is 6.37. The van der Waals surface area contributed by atoms with Crippen LogP contribution in [0.4, 0.5) is 0 Å². The number of esters is 1. The number of hydrogen-bond donors (Lipinski definition) is 1. The highest BCUT2D eigenvalue weighted by molar-refractivity contribution is 6.25. The smallest absolute Gasteiger partial charge is 0.341 e. The lowest BCUT2D eigenvalue weighted by Crippen LogP contribution is -2.20. The van der Waals surface area contributed by atoms with Gasteiger partial charge in [-0.3, -0.25) is 9.59 Å². The molecule has 0 aromatic heterocycles. The van der Waals surface area contributed by atoms with E-state index in [0.717, 1.165) is 11.1 Å². The summed E-state index contributed by atoms with van der Waals surface area (Å²) in [5.74, 6) is -2.30. The minimum Gasteiger partial charge on any atom is -0.478 e. The van der Waals surface area contributed by atoms with Crippen molar-refractivity contribution in [1.82, 2.24) is 0 Å². The molecule has 1 N–H and O–H groups in total. The second kappa shape index (κ2) is 9.13. The van der Waals surface area contributed by atoms with E-state index in [1.165, 1.54) is 6.08 Å². The predicted molar refractivity (Wildman–Crippen MR) is 109 cm³/mol. The van der Waals surface area contributed by atoms with E-state index >= 15 is 0 Å². The summed E-state index contributed by atoms with van der Waals surface area (Å²) in [4.78, 5) is 45.8. The Balaban J connectivity index is 0.000000172. The Morgan fingerprint density at radius 1 is 0.833 bits per heavy atom. The number of fused-ring (bicyclic) bond motifs is 2. The molecule has 2 aromatic carbocycles. The van der Waals surface area contributed by atoms with Crippen molar-refractivity contribution in [2.24, 2.45) is 0 Å². The summed E-state index contributed by atoms with van der Waals surface area (Å²) in [6.07, 6.45) is 4.23. The van der Waals surface area contributed by atoms with Crippen molar-refractivity contribution in [3.05, 3.63) is 94.1 Å². The Morgan fingerprint density at radius 2 is 1.30 bits per heavy atom. The molecule has 0 radical (unpaired) electrons. The predicted octanol–water partition coefficient (Wildman–Crippen LogP) is 3.35. The fourth-order valence-corrected chi connectivity index (χ4v) is 3.31. The molecule has 0 saturated carbocycles. The number of ether oxygens (including phenoxy) is 1. The van der Waals surface area contributed by atoms with Crippen molar-refractivity contribution in [2.75, 3.05) is 6.61 Å². The number of carboxylic acid groups (broad SMARTS) is 1. The number of aliphatic carboxylic acids is 1. The fraction of sp³-hybridized carbons (Fsp3) is 0.167. The van der Waals surface area contributed by atoms with Crippen molar-refractivity contribution in [2.45, 2.75) is 19.8 Å². The SMILES string of the molecule is CCOC(=O)C1=CCc2ccccc2C1=O.O=C(O)C1=CCc2ccccc2C1=O. The summed E-state index contributed by atoms with van der Waals surface area (Å²) in [6, 6.07) is 14.4. The van der Waals surface area contributed by atoms with Gasteiger partial charge in [-0.2, -0.15) is 0 Å². The molecule has 0 amide bonds. The standard InChI is InChI=1S/C13H12O3.C11H8O3/c1-2-16-13(15)11-8-7-9-5-3-4-6-10(9)12(11)14;12-10-8-4-2-1-3-7(8)5-6-9(10)11(13)14/h3-6,8H,2,7H2,1H3;1-4,6H,5H2,(H,13,14). The van der Waals surface area contributed by atoms with Gasteiger partial charge in [0.2, 0.25) is 0 Å². The summed E-state index contributed by atoms with van der Waals surface area (Å²) in [5.41, 5.74) is 2.99. The maximum atomic E-state index is 12.0. The van der Waals surface area contributed by atoms with Gasteiger partial charge in [-0.1, -0.05) is 60.7 Å². The van der Waals surface area contributed by atoms with Gasteiger partial charge in [0.05, 0.1) is 6.61 Å². The van der Waals surface area contributed by atoms with Crippen LogP contribution in [-0.4, -0.2) is 35.2 Å². The summed E-state index contributed by atoms with van der Waals surface area (Å²) in [6.45, 7) is 2.00. The molecule has 0 heterocycles. The number of benzene rings is 2. The molecule has 0 aliphatic heterocycles. The van der Waals surface area contributed by atoms with Crippen LogP contribution in [-0.2, 0) is 27.2 Å². The van der Waals surface area contributed by atoms with Crippen LogP contribution in [0.1, 0.15) is 38.8 Å². The maximum Gasteiger partial charge on any atom is 0.341 e. The van der Waals surface area contributed by atoms with Gasteiger partial charge in [-0.15, -0.1) is 0 Å². The van der Waals surface area contributed by atoms with E-state index in [9.17, 15) is 19.2 Å². The van der Waals surface area contributed by atoms with Gasteiger partial charge in [-0.05, 0) is 30.9 Å². The van der Waals surface area contributed by atoms with Crippen LogP contribution in [0.15, 0.2) is 71.8 Å². The molecule has 0 fully saturated rings. The Hall–Kier alpha value is -3.80. The second-order valence-corrected chi connectivity index (χ2v) is 6.64. The lowest BCUT2D eigenvalue weighted by molar-refractivity contribution is -0.138. The molecule has 0 atom stereocenters. The van der Waals surface area contributed by atoms with Crippen molar-refractivity contribution in [1.29, 1.82) is 0 Å². The van der Waals surface area contributed by atoms with Crippen LogP contribution in [0, 0.1) is 0 Å². The van der Waals surface area contributed by atoms with Gasteiger partial charge < -0.3 is 9.84 Å². The number of carbonyl (C=O) groups is 4. The second-order valence-electron chi connectivity index (χ2n) is 6.64. The minimum absolute atomic E-state index is 0.122. The van der Waals surface area contributed by atoms with E-state index in [1.807, 2.05) is 24.3 Å². The van der Waals surface area contributed by atoms with Crippen LogP contribution >= 0.6 is 0 Å². The van der Waals surface area contributed by atoms with Gasteiger partial charge in [0.15, 0.2) is 11.6 Å². The first-order valence-electron chi connectivity index (χ1n) is 9.50. The molecule has 0 bridgehead atoms. The van der Waals surface area contributed by atoms with E-state index in [4.69, 9.17) is 9.84 Å². The molecule has 2 aromatic rings. The topological polar surface area (TPSA) is 97.7 Å². The molecule has 6 nitrogen and oxygen atoms in total. The molecule has 0 saturated heterocycles. The van der Waals surface area contributed by atoms with Crippen molar-refractivity contribution in [3.8, 4) is 0 Å². The van der Waals surface area contributed by atoms with Crippen LogP contribution < -0.4 is 0 Å².